The van der Waals surface area contributed by atoms with Gasteiger partial charge in [-0.15, -0.1) is 0 Å². The molecule has 1 heterocycles. The van der Waals surface area contributed by atoms with Crippen molar-refractivity contribution in [2.24, 2.45) is 0 Å². The maximum Gasteiger partial charge on any atom is 0.492 e. The summed E-state index contributed by atoms with van der Waals surface area (Å²) in [6, 6.07) is 2.69. The Labute approximate surface area is 141 Å². The lowest BCUT2D eigenvalue weighted by Gasteiger charge is -2.31. The molecule has 0 unspecified atom stereocenters. The zero-order valence-corrected chi connectivity index (χ0v) is 13.3. The molecule has 9 heteroatoms. The third-order valence-electron chi connectivity index (χ3n) is 4.00. The molecule has 132 valence electrons. The normalized spacial score (nSPS) is 23.8. The number of alkyl halides is 3. The van der Waals surface area contributed by atoms with E-state index in [9.17, 15) is 18.0 Å². The molecule has 1 aliphatic carbocycles. The number of halogens is 4. The fraction of sp³-hybridized carbons (Fsp3) is 0.533. The number of benzene rings is 1. The molecule has 2 amide bonds. The molecular formula is C15H16ClF3N2O3. The summed E-state index contributed by atoms with van der Waals surface area (Å²) in [5.41, 5.74) is 0. The van der Waals surface area contributed by atoms with Crippen LogP contribution in [0.2, 0.25) is 5.02 Å². The van der Waals surface area contributed by atoms with E-state index in [2.05, 4.69) is 5.32 Å². The smallest absolute Gasteiger partial charge is 0.424 e. The number of urea groups is 1. The minimum absolute atomic E-state index is 0.144. The van der Waals surface area contributed by atoms with E-state index < -0.39 is 18.1 Å². The van der Waals surface area contributed by atoms with Crippen LogP contribution in [0.5, 0.6) is 11.5 Å². The van der Waals surface area contributed by atoms with E-state index in [0.29, 0.717) is 0 Å². The van der Waals surface area contributed by atoms with Crippen LogP contribution in [0.25, 0.3) is 0 Å². The van der Waals surface area contributed by atoms with Crippen molar-refractivity contribution in [3.8, 4) is 11.5 Å². The highest BCUT2D eigenvalue weighted by Crippen LogP contribution is 2.46. The first-order valence-corrected chi connectivity index (χ1v) is 8.00. The summed E-state index contributed by atoms with van der Waals surface area (Å²) >= 11 is 5.75. The van der Waals surface area contributed by atoms with Gasteiger partial charge in [0.2, 0.25) is 0 Å². The lowest BCUT2D eigenvalue weighted by atomic mass is 9.96. The third kappa shape index (κ3) is 3.33. The Hall–Kier alpha value is -1.83. The summed E-state index contributed by atoms with van der Waals surface area (Å²) < 4.78 is 50.3. The number of amides is 2. The van der Waals surface area contributed by atoms with Gasteiger partial charge in [-0.3, -0.25) is 5.32 Å². The second-order valence-corrected chi connectivity index (χ2v) is 6.28. The second kappa shape index (κ2) is 6.23. The van der Waals surface area contributed by atoms with E-state index >= 15 is 0 Å². The van der Waals surface area contributed by atoms with Crippen molar-refractivity contribution in [1.82, 2.24) is 10.6 Å². The number of rotatable bonds is 2. The molecule has 0 aromatic heterocycles. The Bertz CT molecular complexity index is 635. The summed E-state index contributed by atoms with van der Waals surface area (Å²) in [7, 11) is 0. The van der Waals surface area contributed by atoms with Crippen LogP contribution in [-0.4, -0.2) is 24.2 Å². The fourth-order valence-corrected chi connectivity index (χ4v) is 2.99. The van der Waals surface area contributed by atoms with Gasteiger partial charge in [-0.05, 0) is 25.0 Å². The highest BCUT2D eigenvalue weighted by Gasteiger charge is 2.65. The van der Waals surface area contributed by atoms with Crippen LogP contribution >= 0.6 is 11.6 Å². The SMILES string of the molecule is O=C(NC1CCCCC1)N[C@]1(C(F)(F)F)Oc2ccc(Cl)cc2O1. The lowest BCUT2D eigenvalue weighted by molar-refractivity contribution is -0.317. The first-order chi connectivity index (χ1) is 11.3. The van der Waals surface area contributed by atoms with Gasteiger partial charge in [0.05, 0.1) is 0 Å². The maximum atomic E-state index is 13.5. The maximum absolute atomic E-state index is 13.5. The summed E-state index contributed by atoms with van der Waals surface area (Å²) in [6.07, 6.45) is -0.566. The lowest BCUT2D eigenvalue weighted by Crippen LogP contribution is -2.66. The minimum atomic E-state index is -4.98. The number of carbonyl (C=O) groups is 1. The Morgan fingerprint density at radius 3 is 2.50 bits per heavy atom. The molecule has 5 nitrogen and oxygen atoms in total. The van der Waals surface area contributed by atoms with Gasteiger partial charge in [-0.1, -0.05) is 30.9 Å². The van der Waals surface area contributed by atoms with Crippen LogP contribution in [0.1, 0.15) is 32.1 Å². The molecule has 24 heavy (non-hydrogen) atoms. The van der Waals surface area contributed by atoms with Crippen molar-refractivity contribution >= 4 is 17.6 Å². The van der Waals surface area contributed by atoms with E-state index in [4.69, 9.17) is 21.1 Å². The molecule has 1 aromatic carbocycles. The molecule has 0 bridgehead atoms. The van der Waals surface area contributed by atoms with Gasteiger partial charge in [0, 0.05) is 17.1 Å². The number of hydrogen-bond donors (Lipinski definition) is 2. The highest BCUT2D eigenvalue weighted by molar-refractivity contribution is 6.30. The molecule has 1 atom stereocenters. The highest BCUT2D eigenvalue weighted by atomic mass is 35.5. The zero-order chi connectivity index (χ0) is 17.4. The van der Waals surface area contributed by atoms with Crippen LogP contribution in [0.3, 0.4) is 0 Å². The van der Waals surface area contributed by atoms with E-state index in [1.165, 1.54) is 18.2 Å². The van der Waals surface area contributed by atoms with E-state index in [1.807, 2.05) is 0 Å². The molecule has 1 fully saturated rings. The molecule has 2 N–H and O–H groups in total. The van der Waals surface area contributed by atoms with Crippen molar-refractivity contribution in [3.05, 3.63) is 23.2 Å². The van der Waals surface area contributed by atoms with Gasteiger partial charge in [0.1, 0.15) is 0 Å². The Morgan fingerprint density at radius 1 is 1.17 bits per heavy atom. The average Bonchev–Trinajstić information content (AvgIpc) is 2.86. The van der Waals surface area contributed by atoms with Crippen LogP contribution in [0.4, 0.5) is 18.0 Å². The molecule has 3 rings (SSSR count). The Balaban J connectivity index is 1.75. The van der Waals surface area contributed by atoms with Crippen molar-refractivity contribution in [3.63, 3.8) is 0 Å². The van der Waals surface area contributed by atoms with Gasteiger partial charge in [0.25, 0.3) is 0 Å². The van der Waals surface area contributed by atoms with Gasteiger partial charge in [-0.2, -0.15) is 13.2 Å². The van der Waals surface area contributed by atoms with Crippen LogP contribution in [-0.2, 0) is 0 Å². The summed E-state index contributed by atoms with van der Waals surface area (Å²) in [5, 5.41) is 4.52. The summed E-state index contributed by atoms with van der Waals surface area (Å²) in [5.74, 6) is -3.59. The standard InChI is InChI=1S/C15H16ClF3N2O3/c16-9-6-7-11-12(8-9)24-15(23-11,14(17,18)19)21-13(22)20-10-4-2-1-3-5-10/h6-8,10H,1-5H2,(H2,20,21,22)/t15-/m1/s1. The largest absolute Gasteiger partial charge is 0.492 e. The number of ether oxygens (including phenoxy) is 2. The van der Waals surface area contributed by atoms with Crippen LogP contribution < -0.4 is 20.1 Å². The molecule has 1 saturated carbocycles. The minimum Gasteiger partial charge on any atom is -0.424 e. The number of carbonyl (C=O) groups excluding carboxylic acids is 1. The topological polar surface area (TPSA) is 59.6 Å². The molecule has 0 radical (unpaired) electrons. The second-order valence-electron chi connectivity index (χ2n) is 5.84. The molecule has 1 aromatic rings. The molecule has 1 aliphatic heterocycles. The predicted octanol–water partition coefficient (Wildman–Crippen LogP) is 3.96. The van der Waals surface area contributed by atoms with Crippen molar-refractivity contribution in [1.29, 1.82) is 0 Å². The average molecular weight is 365 g/mol. The summed E-state index contributed by atoms with van der Waals surface area (Å²) in [4.78, 5) is 12.0. The number of fused-ring (bicyclic) bond motifs is 1. The van der Waals surface area contributed by atoms with E-state index in [0.717, 1.165) is 32.1 Å². The first-order valence-electron chi connectivity index (χ1n) is 7.62. The number of hydrogen-bond acceptors (Lipinski definition) is 3. The van der Waals surface area contributed by atoms with Crippen molar-refractivity contribution in [2.45, 2.75) is 50.2 Å². The van der Waals surface area contributed by atoms with Gasteiger partial charge in [0.15, 0.2) is 11.5 Å². The monoisotopic (exact) mass is 364 g/mol. The van der Waals surface area contributed by atoms with Gasteiger partial charge < -0.3 is 14.8 Å². The Kier molecular flexibility index (Phi) is 4.42. The van der Waals surface area contributed by atoms with E-state index in [-0.39, 0.29) is 22.6 Å². The van der Waals surface area contributed by atoms with Crippen molar-refractivity contribution < 1.29 is 27.4 Å². The van der Waals surface area contributed by atoms with Gasteiger partial charge >= 0.3 is 18.1 Å². The predicted molar refractivity (Wildman–Crippen MR) is 80.0 cm³/mol. The number of nitrogens with one attached hydrogen (secondary N) is 2. The van der Waals surface area contributed by atoms with Crippen LogP contribution in [0.15, 0.2) is 18.2 Å². The molecule has 0 spiro atoms. The van der Waals surface area contributed by atoms with Crippen LogP contribution in [0, 0.1) is 0 Å². The molecular weight excluding hydrogens is 349 g/mol. The summed E-state index contributed by atoms with van der Waals surface area (Å²) in [6.45, 7) is 0. The molecule has 0 saturated heterocycles. The Morgan fingerprint density at radius 2 is 1.83 bits per heavy atom. The first kappa shape index (κ1) is 17.0. The van der Waals surface area contributed by atoms with E-state index in [1.54, 1.807) is 5.32 Å². The third-order valence-corrected chi connectivity index (χ3v) is 4.24. The van der Waals surface area contributed by atoms with Gasteiger partial charge in [-0.25, -0.2) is 4.79 Å². The zero-order valence-electron chi connectivity index (χ0n) is 12.6. The fourth-order valence-electron chi connectivity index (χ4n) is 2.83. The molecule has 2 aliphatic rings. The quantitative estimate of drug-likeness (QED) is 0.835. The van der Waals surface area contributed by atoms with Crippen molar-refractivity contribution in [2.75, 3.05) is 0 Å².